The highest BCUT2D eigenvalue weighted by Gasteiger charge is 2.06. The molecular formula is C10H14ClN3O7S. The molecule has 0 fully saturated rings. The van der Waals surface area contributed by atoms with E-state index >= 15 is 0 Å². The van der Waals surface area contributed by atoms with E-state index in [2.05, 4.69) is 9.97 Å². The van der Waals surface area contributed by atoms with Crippen molar-refractivity contribution in [2.75, 3.05) is 12.3 Å². The van der Waals surface area contributed by atoms with E-state index in [1.165, 1.54) is 11.3 Å². The normalized spacial score (nSPS) is 8.41. The van der Waals surface area contributed by atoms with Crippen molar-refractivity contribution in [2.45, 2.75) is 6.92 Å². The number of anilines is 1. The number of carboxylic acid groups (broad SMARTS) is 4. The number of rotatable bonds is 2. The minimum atomic E-state index is -1.83. The SMILES string of the molecule is CCOc1nc2ccsc2nc1N.Cl.O=C(O)O.O=C(O)O. The van der Waals surface area contributed by atoms with E-state index in [0.29, 0.717) is 18.3 Å². The van der Waals surface area contributed by atoms with E-state index in [-0.39, 0.29) is 12.4 Å². The third kappa shape index (κ3) is 9.39. The first-order valence-electron chi connectivity index (χ1n) is 5.25. The highest BCUT2D eigenvalue weighted by Crippen LogP contribution is 2.23. The fourth-order valence-electron chi connectivity index (χ4n) is 1.03. The number of ether oxygens (including phenoxy) is 1. The molecule has 22 heavy (non-hydrogen) atoms. The lowest BCUT2D eigenvalue weighted by atomic mass is 10.5. The molecular weight excluding hydrogens is 342 g/mol. The first kappa shape index (κ1) is 21.8. The molecule has 10 nitrogen and oxygen atoms in total. The average Bonchev–Trinajstić information content (AvgIpc) is 2.75. The number of thiophene rings is 1. The number of nitrogens with two attached hydrogens (primary N) is 1. The molecule has 2 aromatic rings. The molecule has 0 saturated carbocycles. The van der Waals surface area contributed by atoms with Crippen molar-refractivity contribution < 1.29 is 34.8 Å². The van der Waals surface area contributed by atoms with Crippen LogP contribution >= 0.6 is 23.7 Å². The summed E-state index contributed by atoms with van der Waals surface area (Å²) in [4.78, 5) is 26.3. The Balaban J connectivity index is 0. The summed E-state index contributed by atoms with van der Waals surface area (Å²) in [5.41, 5.74) is 6.48. The molecule has 124 valence electrons. The number of fused-ring (bicyclic) bond motifs is 1. The van der Waals surface area contributed by atoms with Gasteiger partial charge in [-0.3, -0.25) is 0 Å². The first-order valence-corrected chi connectivity index (χ1v) is 6.13. The summed E-state index contributed by atoms with van der Waals surface area (Å²) in [5, 5.41) is 29.8. The van der Waals surface area contributed by atoms with Crippen LogP contribution in [0.5, 0.6) is 5.88 Å². The Labute approximate surface area is 134 Å². The molecule has 2 heterocycles. The maximum Gasteiger partial charge on any atom is 0.503 e. The molecule has 0 amide bonds. The number of hydrogen-bond donors (Lipinski definition) is 5. The fourth-order valence-corrected chi connectivity index (χ4v) is 1.74. The van der Waals surface area contributed by atoms with Crippen LogP contribution in [0, 0.1) is 0 Å². The zero-order valence-corrected chi connectivity index (χ0v) is 12.8. The number of nitrogen functional groups attached to an aromatic ring is 1. The van der Waals surface area contributed by atoms with Crippen LogP contribution in [0.15, 0.2) is 11.4 Å². The van der Waals surface area contributed by atoms with Crippen molar-refractivity contribution in [3.8, 4) is 5.88 Å². The van der Waals surface area contributed by atoms with Gasteiger partial charge in [-0.1, -0.05) is 0 Å². The molecule has 0 aromatic carbocycles. The van der Waals surface area contributed by atoms with Gasteiger partial charge >= 0.3 is 12.3 Å². The number of halogens is 1. The minimum absolute atomic E-state index is 0. The molecule has 0 spiro atoms. The molecule has 2 aromatic heterocycles. The molecule has 0 saturated heterocycles. The quantitative estimate of drug-likeness (QED) is 0.537. The van der Waals surface area contributed by atoms with Gasteiger partial charge in [-0.05, 0) is 18.4 Å². The van der Waals surface area contributed by atoms with Crippen LogP contribution < -0.4 is 10.5 Å². The lowest BCUT2D eigenvalue weighted by Crippen LogP contribution is -2.01. The predicted molar refractivity (Wildman–Crippen MR) is 81.6 cm³/mol. The second kappa shape index (κ2) is 11.2. The van der Waals surface area contributed by atoms with Gasteiger partial charge in [0.1, 0.15) is 10.3 Å². The summed E-state index contributed by atoms with van der Waals surface area (Å²) in [6.45, 7) is 2.44. The zero-order valence-electron chi connectivity index (χ0n) is 11.2. The standard InChI is InChI=1S/C8H9N3OS.2CH2O3.ClH/c1-2-12-7-6(9)11-8-5(10-7)3-4-13-8;2*2-1(3)4;/h3-4H,2H2,1H3,(H2,9,11);2*(H2,2,3,4);1H. The Morgan fingerprint density at radius 1 is 1.23 bits per heavy atom. The van der Waals surface area contributed by atoms with Gasteiger partial charge in [-0.2, -0.15) is 0 Å². The maximum absolute atomic E-state index is 8.56. The van der Waals surface area contributed by atoms with Crippen LogP contribution in [0.2, 0.25) is 0 Å². The van der Waals surface area contributed by atoms with Crippen molar-refractivity contribution in [1.29, 1.82) is 0 Å². The van der Waals surface area contributed by atoms with Gasteiger partial charge in [-0.15, -0.1) is 23.7 Å². The lowest BCUT2D eigenvalue weighted by Gasteiger charge is -2.03. The molecule has 0 radical (unpaired) electrons. The molecule has 2 rings (SSSR count). The van der Waals surface area contributed by atoms with Crippen LogP contribution in [-0.4, -0.2) is 49.3 Å². The predicted octanol–water partition coefficient (Wildman–Crippen LogP) is 2.54. The van der Waals surface area contributed by atoms with E-state index in [0.717, 1.165) is 10.3 Å². The number of aromatic nitrogens is 2. The molecule has 6 N–H and O–H groups in total. The summed E-state index contributed by atoms with van der Waals surface area (Å²) in [5.74, 6) is 0.783. The summed E-state index contributed by atoms with van der Waals surface area (Å²) < 4.78 is 5.22. The third-order valence-electron chi connectivity index (χ3n) is 1.57. The number of nitrogens with zero attached hydrogens (tertiary/aromatic N) is 2. The Morgan fingerprint density at radius 3 is 2.18 bits per heavy atom. The van der Waals surface area contributed by atoms with E-state index in [1.807, 2.05) is 18.4 Å². The smallest absolute Gasteiger partial charge is 0.475 e. The summed E-state index contributed by atoms with van der Waals surface area (Å²) in [7, 11) is 0. The van der Waals surface area contributed by atoms with E-state index < -0.39 is 12.3 Å². The van der Waals surface area contributed by atoms with Crippen molar-refractivity contribution >= 4 is 52.2 Å². The van der Waals surface area contributed by atoms with Crippen LogP contribution in [-0.2, 0) is 0 Å². The maximum atomic E-state index is 8.56. The van der Waals surface area contributed by atoms with Crippen LogP contribution in [0.4, 0.5) is 15.4 Å². The topological polar surface area (TPSA) is 176 Å². The summed E-state index contributed by atoms with van der Waals surface area (Å²) in [6, 6.07) is 1.90. The van der Waals surface area contributed by atoms with Gasteiger partial charge in [0.15, 0.2) is 5.82 Å². The second-order valence-corrected chi connectivity index (χ2v) is 3.92. The van der Waals surface area contributed by atoms with Crippen LogP contribution in [0.1, 0.15) is 6.92 Å². The molecule has 0 atom stereocenters. The molecule has 0 aliphatic rings. The third-order valence-corrected chi connectivity index (χ3v) is 2.36. The zero-order chi connectivity index (χ0) is 16.4. The molecule has 0 unspecified atom stereocenters. The Hall–Kier alpha value is -2.53. The monoisotopic (exact) mass is 355 g/mol. The number of hydrogen-bond acceptors (Lipinski definition) is 7. The molecule has 0 aliphatic heterocycles. The number of carbonyl (C=O) groups is 2. The van der Waals surface area contributed by atoms with E-state index in [1.54, 1.807) is 0 Å². The van der Waals surface area contributed by atoms with E-state index in [9.17, 15) is 0 Å². The van der Waals surface area contributed by atoms with Crippen molar-refractivity contribution in [2.24, 2.45) is 0 Å². The first-order chi connectivity index (χ1) is 9.77. The minimum Gasteiger partial charge on any atom is -0.475 e. The molecule has 12 heteroatoms. The largest absolute Gasteiger partial charge is 0.503 e. The summed E-state index contributed by atoms with van der Waals surface area (Å²) in [6.07, 6.45) is -3.67. The Bertz CT molecular complexity index is 587. The average molecular weight is 356 g/mol. The van der Waals surface area contributed by atoms with E-state index in [4.69, 9.17) is 40.5 Å². The molecule has 0 aliphatic carbocycles. The second-order valence-electron chi connectivity index (χ2n) is 3.02. The van der Waals surface area contributed by atoms with Gasteiger partial charge in [0.2, 0.25) is 0 Å². The van der Waals surface area contributed by atoms with Crippen LogP contribution in [0.3, 0.4) is 0 Å². The Kier molecular flexibility index (Phi) is 11.0. The molecule has 0 bridgehead atoms. The Morgan fingerprint density at radius 2 is 1.73 bits per heavy atom. The van der Waals surface area contributed by atoms with Gasteiger partial charge in [-0.25, -0.2) is 19.6 Å². The van der Waals surface area contributed by atoms with Gasteiger partial charge in [0.25, 0.3) is 5.88 Å². The van der Waals surface area contributed by atoms with Crippen molar-refractivity contribution in [3.63, 3.8) is 0 Å². The lowest BCUT2D eigenvalue weighted by molar-refractivity contribution is 0.135. The fraction of sp³-hybridized carbons (Fsp3) is 0.200. The summed E-state index contributed by atoms with van der Waals surface area (Å²) >= 11 is 1.52. The van der Waals surface area contributed by atoms with Crippen LogP contribution in [0.25, 0.3) is 10.3 Å². The highest BCUT2D eigenvalue weighted by molar-refractivity contribution is 7.16. The van der Waals surface area contributed by atoms with Crippen molar-refractivity contribution in [3.05, 3.63) is 11.4 Å². The van der Waals surface area contributed by atoms with Gasteiger partial charge < -0.3 is 30.9 Å². The van der Waals surface area contributed by atoms with Crippen molar-refractivity contribution in [1.82, 2.24) is 9.97 Å². The van der Waals surface area contributed by atoms with Gasteiger partial charge in [0, 0.05) is 0 Å². The van der Waals surface area contributed by atoms with Gasteiger partial charge in [0.05, 0.1) is 6.61 Å². The highest BCUT2D eigenvalue weighted by atomic mass is 35.5.